The zero-order valence-electron chi connectivity index (χ0n) is 13.8. The van der Waals surface area contributed by atoms with Crippen molar-refractivity contribution in [1.29, 1.82) is 0 Å². The first kappa shape index (κ1) is 17.4. The smallest absolute Gasteiger partial charge is 0.354 e. The SMILES string of the molecule is Cc1nc2ccccc2nc1N1CCCC(C(=O)NCC(F)(F)F)C1. The Labute approximate surface area is 143 Å². The first-order chi connectivity index (χ1) is 11.8. The number of para-hydroxylation sites is 2. The fourth-order valence-corrected chi connectivity index (χ4v) is 3.09. The van der Waals surface area contributed by atoms with Crippen molar-refractivity contribution in [3.8, 4) is 0 Å². The van der Waals surface area contributed by atoms with E-state index in [2.05, 4.69) is 9.97 Å². The Morgan fingerprint density at radius 1 is 1.28 bits per heavy atom. The second-order valence-electron chi connectivity index (χ2n) is 6.24. The highest BCUT2D eigenvalue weighted by molar-refractivity contribution is 5.80. The zero-order chi connectivity index (χ0) is 18.0. The van der Waals surface area contributed by atoms with Gasteiger partial charge in [-0.15, -0.1) is 0 Å². The molecule has 1 aromatic heterocycles. The third-order valence-electron chi connectivity index (χ3n) is 4.27. The van der Waals surface area contributed by atoms with Crippen molar-refractivity contribution in [2.45, 2.75) is 25.9 Å². The minimum absolute atomic E-state index is 0.345. The van der Waals surface area contributed by atoms with E-state index in [1.54, 1.807) is 0 Å². The molecule has 5 nitrogen and oxygen atoms in total. The van der Waals surface area contributed by atoms with Crippen LogP contribution in [0.1, 0.15) is 18.5 Å². The van der Waals surface area contributed by atoms with E-state index in [1.807, 2.05) is 41.4 Å². The number of piperidine rings is 1. The summed E-state index contributed by atoms with van der Waals surface area (Å²) >= 11 is 0. The lowest BCUT2D eigenvalue weighted by Crippen LogP contribution is -2.45. The highest BCUT2D eigenvalue weighted by atomic mass is 19.4. The Balaban J connectivity index is 1.75. The number of aromatic nitrogens is 2. The zero-order valence-corrected chi connectivity index (χ0v) is 13.8. The molecule has 1 aliphatic rings. The number of benzene rings is 1. The molecule has 8 heteroatoms. The first-order valence-corrected chi connectivity index (χ1v) is 8.16. The third-order valence-corrected chi connectivity index (χ3v) is 4.27. The highest BCUT2D eigenvalue weighted by Gasteiger charge is 2.32. The Bertz CT molecular complexity index is 778. The lowest BCUT2D eigenvalue weighted by atomic mass is 9.97. The van der Waals surface area contributed by atoms with Gasteiger partial charge in [-0.05, 0) is 31.9 Å². The third kappa shape index (κ3) is 4.18. The first-order valence-electron chi connectivity index (χ1n) is 8.16. The number of anilines is 1. The van der Waals surface area contributed by atoms with E-state index in [-0.39, 0.29) is 0 Å². The summed E-state index contributed by atoms with van der Waals surface area (Å²) in [7, 11) is 0. The number of hydrogen-bond acceptors (Lipinski definition) is 4. The molecule has 0 saturated carbocycles. The summed E-state index contributed by atoms with van der Waals surface area (Å²) in [5.74, 6) is -0.357. The topological polar surface area (TPSA) is 58.1 Å². The fourth-order valence-electron chi connectivity index (χ4n) is 3.09. The average molecular weight is 352 g/mol. The fraction of sp³-hybridized carbons (Fsp3) is 0.471. The van der Waals surface area contributed by atoms with Gasteiger partial charge in [0.1, 0.15) is 6.54 Å². The molecule has 1 unspecified atom stereocenters. The molecule has 2 heterocycles. The maximum Gasteiger partial charge on any atom is 0.405 e. The molecule has 0 aliphatic carbocycles. The van der Waals surface area contributed by atoms with E-state index in [0.717, 1.165) is 23.1 Å². The normalized spacial score (nSPS) is 18.4. The number of fused-ring (bicyclic) bond motifs is 1. The molecule has 1 N–H and O–H groups in total. The summed E-state index contributed by atoms with van der Waals surface area (Å²) in [6.07, 6.45) is -3.11. The maximum atomic E-state index is 12.3. The van der Waals surface area contributed by atoms with Gasteiger partial charge in [-0.3, -0.25) is 4.79 Å². The van der Waals surface area contributed by atoms with Crippen LogP contribution in [-0.4, -0.2) is 41.7 Å². The van der Waals surface area contributed by atoms with Crippen LogP contribution >= 0.6 is 0 Å². The Morgan fingerprint density at radius 3 is 2.64 bits per heavy atom. The van der Waals surface area contributed by atoms with Crippen molar-refractivity contribution in [3.63, 3.8) is 0 Å². The van der Waals surface area contributed by atoms with Crippen LogP contribution in [0, 0.1) is 12.8 Å². The van der Waals surface area contributed by atoms with Gasteiger partial charge in [-0.1, -0.05) is 12.1 Å². The molecule has 134 valence electrons. The molecule has 1 saturated heterocycles. The molecular formula is C17H19F3N4O. The summed E-state index contributed by atoms with van der Waals surface area (Å²) in [5.41, 5.74) is 2.29. The van der Waals surface area contributed by atoms with Gasteiger partial charge in [0.25, 0.3) is 0 Å². The molecule has 1 fully saturated rings. The molecule has 25 heavy (non-hydrogen) atoms. The van der Waals surface area contributed by atoms with E-state index < -0.39 is 24.5 Å². The van der Waals surface area contributed by atoms with Crippen molar-refractivity contribution in [1.82, 2.24) is 15.3 Å². The van der Waals surface area contributed by atoms with E-state index in [1.165, 1.54) is 0 Å². The second-order valence-corrected chi connectivity index (χ2v) is 6.24. The predicted octanol–water partition coefficient (Wildman–Crippen LogP) is 2.83. The van der Waals surface area contributed by atoms with Crippen LogP contribution < -0.4 is 10.2 Å². The van der Waals surface area contributed by atoms with Crippen LogP contribution in [0.15, 0.2) is 24.3 Å². The monoisotopic (exact) mass is 352 g/mol. The number of halogens is 3. The summed E-state index contributed by atoms with van der Waals surface area (Å²) in [6, 6.07) is 7.50. The molecule has 0 bridgehead atoms. The average Bonchev–Trinajstić information content (AvgIpc) is 2.58. The Kier molecular flexibility index (Phi) is 4.78. The minimum atomic E-state index is -4.40. The van der Waals surface area contributed by atoms with Gasteiger partial charge < -0.3 is 10.2 Å². The van der Waals surface area contributed by atoms with Crippen LogP contribution in [0.25, 0.3) is 11.0 Å². The molecule has 3 rings (SSSR count). The van der Waals surface area contributed by atoms with Gasteiger partial charge in [-0.2, -0.15) is 13.2 Å². The Hall–Kier alpha value is -2.38. The van der Waals surface area contributed by atoms with E-state index in [0.29, 0.717) is 25.3 Å². The number of hydrogen-bond donors (Lipinski definition) is 1. The van der Waals surface area contributed by atoms with Crippen LogP contribution in [-0.2, 0) is 4.79 Å². The molecule has 0 radical (unpaired) electrons. The van der Waals surface area contributed by atoms with Crippen molar-refractivity contribution in [3.05, 3.63) is 30.0 Å². The van der Waals surface area contributed by atoms with E-state index in [9.17, 15) is 18.0 Å². The number of amides is 1. The van der Waals surface area contributed by atoms with Crippen LogP contribution in [0.4, 0.5) is 19.0 Å². The van der Waals surface area contributed by atoms with Crippen LogP contribution in [0.2, 0.25) is 0 Å². The standard InChI is InChI=1S/C17H19F3N4O/c1-11-15(23-14-7-3-2-6-13(14)22-11)24-8-4-5-12(9-24)16(25)21-10-17(18,19)20/h2-3,6-7,12H,4-5,8-10H2,1H3,(H,21,25). The van der Waals surface area contributed by atoms with Crippen molar-refractivity contribution in [2.24, 2.45) is 5.92 Å². The van der Waals surface area contributed by atoms with Gasteiger partial charge in [0.05, 0.1) is 22.6 Å². The number of carbonyl (C=O) groups excluding carboxylic acids is 1. The molecule has 0 spiro atoms. The van der Waals surface area contributed by atoms with E-state index >= 15 is 0 Å². The minimum Gasteiger partial charge on any atom is -0.354 e. The largest absolute Gasteiger partial charge is 0.405 e. The van der Waals surface area contributed by atoms with Crippen LogP contribution in [0.5, 0.6) is 0 Å². The second kappa shape index (κ2) is 6.85. The summed E-state index contributed by atoms with van der Waals surface area (Å²) in [6.45, 7) is 1.60. The van der Waals surface area contributed by atoms with E-state index in [4.69, 9.17) is 0 Å². The maximum absolute atomic E-state index is 12.3. The quantitative estimate of drug-likeness (QED) is 0.923. The Morgan fingerprint density at radius 2 is 1.96 bits per heavy atom. The van der Waals surface area contributed by atoms with Gasteiger partial charge in [0.15, 0.2) is 5.82 Å². The van der Waals surface area contributed by atoms with Gasteiger partial charge >= 0.3 is 6.18 Å². The number of nitrogens with one attached hydrogen (secondary N) is 1. The van der Waals surface area contributed by atoms with Crippen molar-refractivity contribution in [2.75, 3.05) is 24.5 Å². The number of aryl methyl sites for hydroxylation is 1. The summed E-state index contributed by atoms with van der Waals surface area (Å²) < 4.78 is 36.8. The van der Waals surface area contributed by atoms with Gasteiger partial charge in [0, 0.05) is 13.1 Å². The highest BCUT2D eigenvalue weighted by Crippen LogP contribution is 2.26. The molecule has 1 amide bonds. The molecule has 1 aliphatic heterocycles. The molecule has 2 aromatic rings. The lowest BCUT2D eigenvalue weighted by Gasteiger charge is -2.33. The molecule has 1 aromatic carbocycles. The lowest BCUT2D eigenvalue weighted by molar-refractivity contribution is -0.140. The molecular weight excluding hydrogens is 333 g/mol. The van der Waals surface area contributed by atoms with Crippen LogP contribution in [0.3, 0.4) is 0 Å². The van der Waals surface area contributed by atoms with Gasteiger partial charge in [-0.25, -0.2) is 9.97 Å². The molecule has 1 atom stereocenters. The number of alkyl halides is 3. The summed E-state index contributed by atoms with van der Waals surface area (Å²) in [5, 5.41) is 1.98. The number of nitrogens with zero attached hydrogens (tertiary/aromatic N) is 3. The van der Waals surface area contributed by atoms with Crippen molar-refractivity contribution < 1.29 is 18.0 Å². The number of rotatable bonds is 3. The van der Waals surface area contributed by atoms with Gasteiger partial charge in [0.2, 0.25) is 5.91 Å². The van der Waals surface area contributed by atoms with Crippen molar-refractivity contribution >= 4 is 22.8 Å². The number of carbonyl (C=O) groups is 1. The summed E-state index contributed by atoms with van der Waals surface area (Å²) in [4.78, 5) is 23.2. The predicted molar refractivity (Wildman–Crippen MR) is 88.3 cm³/mol.